The quantitative estimate of drug-likeness (QED) is 0.769. The fourth-order valence-electron chi connectivity index (χ4n) is 2.35. The largest absolute Gasteiger partial charge is 0.496 e. The van der Waals surface area contributed by atoms with Gasteiger partial charge in [0.15, 0.2) is 0 Å². The molecule has 0 saturated heterocycles. The van der Waals surface area contributed by atoms with Crippen molar-refractivity contribution in [3.63, 3.8) is 0 Å². The second kappa shape index (κ2) is 7.71. The van der Waals surface area contributed by atoms with Gasteiger partial charge in [-0.2, -0.15) is 0 Å². The highest BCUT2D eigenvalue weighted by molar-refractivity contribution is 5.33. The smallest absolute Gasteiger partial charge is 0.122 e. The molecule has 2 aromatic rings. The Morgan fingerprint density at radius 2 is 1.65 bits per heavy atom. The van der Waals surface area contributed by atoms with Crippen LogP contribution in [0.15, 0.2) is 48.5 Å². The number of quaternary nitrogens is 1. The summed E-state index contributed by atoms with van der Waals surface area (Å²) in [7, 11) is 1.73. The number of para-hydroxylation sites is 1. The number of hydrogen-bond donors (Lipinski definition) is 1. The van der Waals surface area contributed by atoms with Gasteiger partial charge in [-0.15, -0.1) is 0 Å². The molecule has 2 aromatic carbocycles. The lowest BCUT2D eigenvalue weighted by Crippen LogP contribution is -2.83. The maximum Gasteiger partial charge on any atom is 0.122 e. The summed E-state index contributed by atoms with van der Waals surface area (Å²) in [6, 6.07) is 17.2. The number of nitrogens with two attached hydrogens (primary N) is 1. The van der Waals surface area contributed by atoms with Gasteiger partial charge in [0.1, 0.15) is 12.3 Å². The highest BCUT2D eigenvalue weighted by atomic mass is 16.5. The molecule has 0 aliphatic heterocycles. The molecule has 0 fully saturated rings. The molecule has 2 N–H and O–H groups in total. The van der Waals surface area contributed by atoms with Crippen molar-refractivity contribution in [2.75, 3.05) is 13.7 Å². The van der Waals surface area contributed by atoms with E-state index in [0.29, 0.717) is 0 Å². The summed E-state index contributed by atoms with van der Waals surface area (Å²) >= 11 is 0. The first-order chi connectivity index (χ1) is 9.83. The third-order valence-corrected chi connectivity index (χ3v) is 3.62. The van der Waals surface area contributed by atoms with E-state index in [-0.39, 0.29) is 0 Å². The number of hydrogen-bond acceptors (Lipinski definition) is 1. The zero-order valence-corrected chi connectivity index (χ0v) is 12.4. The lowest BCUT2D eigenvalue weighted by molar-refractivity contribution is -0.670. The van der Waals surface area contributed by atoms with Gasteiger partial charge < -0.3 is 10.1 Å². The van der Waals surface area contributed by atoms with Gasteiger partial charge in [-0.1, -0.05) is 49.4 Å². The number of methoxy groups -OCH3 is 1. The van der Waals surface area contributed by atoms with Gasteiger partial charge in [0.25, 0.3) is 0 Å². The van der Waals surface area contributed by atoms with Gasteiger partial charge in [0.05, 0.1) is 13.7 Å². The Labute approximate surface area is 121 Å². The molecule has 0 spiro atoms. The van der Waals surface area contributed by atoms with E-state index in [1.165, 1.54) is 16.7 Å². The van der Waals surface area contributed by atoms with Crippen LogP contribution in [-0.4, -0.2) is 13.7 Å². The Morgan fingerprint density at radius 1 is 0.950 bits per heavy atom. The molecule has 0 aliphatic rings. The zero-order chi connectivity index (χ0) is 14.2. The van der Waals surface area contributed by atoms with Crippen LogP contribution in [0.5, 0.6) is 5.75 Å². The van der Waals surface area contributed by atoms with Crippen LogP contribution in [0.2, 0.25) is 0 Å². The lowest BCUT2D eigenvalue weighted by Gasteiger charge is -2.07. The predicted octanol–water partition coefficient (Wildman–Crippen LogP) is 2.56. The second-order valence-corrected chi connectivity index (χ2v) is 5.01. The molecule has 0 radical (unpaired) electrons. The van der Waals surface area contributed by atoms with E-state index < -0.39 is 0 Å². The number of aryl methyl sites for hydroxylation is 1. The molecule has 0 heterocycles. The summed E-state index contributed by atoms with van der Waals surface area (Å²) in [5.74, 6) is 0.994. The maximum absolute atomic E-state index is 5.37. The number of benzene rings is 2. The van der Waals surface area contributed by atoms with Crippen LogP contribution in [0, 0.1) is 0 Å². The second-order valence-electron chi connectivity index (χ2n) is 5.01. The van der Waals surface area contributed by atoms with Gasteiger partial charge >= 0.3 is 0 Å². The van der Waals surface area contributed by atoms with E-state index in [2.05, 4.69) is 48.6 Å². The molecular weight excluding hydrogens is 246 g/mol. The summed E-state index contributed by atoms with van der Waals surface area (Å²) in [6.45, 7) is 4.31. The topological polar surface area (TPSA) is 25.8 Å². The van der Waals surface area contributed by atoms with Crippen molar-refractivity contribution >= 4 is 0 Å². The van der Waals surface area contributed by atoms with Crippen molar-refractivity contribution in [3.8, 4) is 5.75 Å². The summed E-state index contributed by atoms with van der Waals surface area (Å²) in [4.78, 5) is 0. The number of ether oxygens (including phenoxy) is 1. The minimum absolute atomic E-state index is 0.994. The van der Waals surface area contributed by atoms with Gasteiger partial charge in [0, 0.05) is 12.0 Å². The van der Waals surface area contributed by atoms with E-state index in [4.69, 9.17) is 4.74 Å². The third kappa shape index (κ3) is 4.10. The average Bonchev–Trinajstić information content (AvgIpc) is 2.52. The van der Waals surface area contributed by atoms with Crippen LogP contribution in [0.25, 0.3) is 0 Å². The van der Waals surface area contributed by atoms with E-state index in [0.717, 1.165) is 31.7 Å². The molecule has 0 saturated carbocycles. The molecular formula is C18H24NO+. The first kappa shape index (κ1) is 14.6. The van der Waals surface area contributed by atoms with Crippen LogP contribution < -0.4 is 10.1 Å². The minimum atomic E-state index is 0.994. The SMILES string of the molecule is CCc1ccc(C[NH2+]CCc2ccccc2OC)cc1. The van der Waals surface area contributed by atoms with E-state index in [1.54, 1.807) is 7.11 Å². The van der Waals surface area contributed by atoms with Crippen molar-refractivity contribution < 1.29 is 10.1 Å². The summed E-state index contributed by atoms with van der Waals surface area (Å²) in [5, 5.41) is 2.35. The molecule has 20 heavy (non-hydrogen) atoms. The third-order valence-electron chi connectivity index (χ3n) is 3.62. The maximum atomic E-state index is 5.37. The van der Waals surface area contributed by atoms with Crippen molar-refractivity contribution in [1.82, 2.24) is 0 Å². The van der Waals surface area contributed by atoms with Crippen molar-refractivity contribution in [3.05, 3.63) is 65.2 Å². The molecule has 0 amide bonds. The van der Waals surface area contributed by atoms with Crippen LogP contribution >= 0.6 is 0 Å². The molecule has 2 nitrogen and oxygen atoms in total. The Kier molecular flexibility index (Phi) is 5.63. The van der Waals surface area contributed by atoms with E-state index in [9.17, 15) is 0 Å². The lowest BCUT2D eigenvalue weighted by atomic mass is 10.1. The predicted molar refractivity (Wildman–Crippen MR) is 83.0 cm³/mol. The van der Waals surface area contributed by atoms with E-state index >= 15 is 0 Å². The van der Waals surface area contributed by atoms with Gasteiger partial charge in [-0.05, 0) is 23.6 Å². The summed E-state index contributed by atoms with van der Waals surface area (Å²) in [6.07, 6.45) is 2.15. The molecule has 0 aliphatic carbocycles. The summed E-state index contributed by atoms with van der Waals surface area (Å²) < 4.78 is 5.37. The first-order valence-corrected chi connectivity index (χ1v) is 7.35. The Bertz CT molecular complexity index is 519. The van der Waals surface area contributed by atoms with Crippen LogP contribution in [0.1, 0.15) is 23.6 Å². The van der Waals surface area contributed by atoms with E-state index in [1.807, 2.05) is 12.1 Å². The van der Waals surface area contributed by atoms with Gasteiger partial charge in [-0.25, -0.2) is 0 Å². The Balaban J connectivity index is 1.78. The highest BCUT2D eigenvalue weighted by Crippen LogP contribution is 2.16. The summed E-state index contributed by atoms with van der Waals surface area (Å²) in [5.41, 5.74) is 4.08. The minimum Gasteiger partial charge on any atom is -0.496 e. The molecule has 0 bridgehead atoms. The fraction of sp³-hybridized carbons (Fsp3) is 0.333. The Morgan fingerprint density at radius 3 is 2.35 bits per heavy atom. The molecule has 106 valence electrons. The fourth-order valence-corrected chi connectivity index (χ4v) is 2.35. The zero-order valence-electron chi connectivity index (χ0n) is 12.4. The average molecular weight is 270 g/mol. The van der Waals surface area contributed by atoms with Crippen LogP contribution in [0.4, 0.5) is 0 Å². The standard InChI is InChI=1S/C18H23NO/c1-3-15-8-10-16(11-9-15)14-19-13-12-17-6-4-5-7-18(17)20-2/h4-11,19H,3,12-14H2,1-2H3/p+1. The highest BCUT2D eigenvalue weighted by Gasteiger charge is 2.02. The monoisotopic (exact) mass is 270 g/mol. The molecule has 0 aromatic heterocycles. The molecule has 0 unspecified atom stereocenters. The van der Waals surface area contributed by atoms with Crippen LogP contribution in [-0.2, 0) is 19.4 Å². The van der Waals surface area contributed by atoms with Gasteiger partial charge in [-0.3, -0.25) is 0 Å². The molecule has 2 heteroatoms. The number of rotatable bonds is 7. The molecule has 2 rings (SSSR count). The van der Waals surface area contributed by atoms with Crippen molar-refractivity contribution in [1.29, 1.82) is 0 Å². The van der Waals surface area contributed by atoms with Crippen LogP contribution in [0.3, 0.4) is 0 Å². The van der Waals surface area contributed by atoms with Gasteiger partial charge in [0.2, 0.25) is 0 Å². The van der Waals surface area contributed by atoms with Crippen molar-refractivity contribution in [2.45, 2.75) is 26.3 Å². The van der Waals surface area contributed by atoms with Crippen molar-refractivity contribution in [2.24, 2.45) is 0 Å². The normalized spacial score (nSPS) is 10.5. The first-order valence-electron chi connectivity index (χ1n) is 7.35. The molecule has 0 atom stereocenters. The Hall–Kier alpha value is -1.80.